The average molecular weight is 480 g/mol. The average Bonchev–Trinajstić information content (AvgIpc) is 3.62. The molecule has 0 saturated carbocycles. The van der Waals surface area contributed by atoms with E-state index in [0.29, 0.717) is 5.82 Å². The number of aromatic amines is 2. The largest absolute Gasteiger partial charge is 0.358 e. The van der Waals surface area contributed by atoms with Crippen LogP contribution in [0.3, 0.4) is 0 Å². The van der Waals surface area contributed by atoms with E-state index < -0.39 is 0 Å². The molecule has 0 unspecified atom stereocenters. The smallest absolute Gasteiger partial charge is 0.159 e. The Morgan fingerprint density at radius 3 is 2.89 bits per heavy atom. The number of H-pyrrole nitrogens is 2. The molecular weight excluding hydrogens is 454 g/mol. The summed E-state index contributed by atoms with van der Waals surface area (Å²) >= 11 is 1.67. The van der Waals surface area contributed by atoms with E-state index in [9.17, 15) is 0 Å². The molecule has 5 aromatic heterocycles. The van der Waals surface area contributed by atoms with Gasteiger partial charge in [-0.25, -0.2) is 4.98 Å². The SMILES string of the molecule is C=C/C=C(/c1cccs1)c1nc(-c2n[nH]c3cnc(-c4cncc(NC(=C)CC)c4)cc23)[nH]c1C. The third-order valence-electron chi connectivity index (χ3n) is 5.66. The summed E-state index contributed by atoms with van der Waals surface area (Å²) in [5.74, 6) is 0.695. The second-order valence-electron chi connectivity index (χ2n) is 8.08. The van der Waals surface area contributed by atoms with Crippen molar-refractivity contribution >= 4 is 33.5 Å². The molecule has 0 aliphatic carbocycles. The lowest BCUT2D eigenvalue weighted by Gasteiger charge is -2.08. The summed E-state index contributed by atoms with van der Waals surface area (Å²) in [4.78, 5) is 18.5. The molecular formula is C27H25N7S. The minimum absolute atomic E-state index is 0.695. The molecule has 0 aliphatic rings. The lowest BCUT2D eigenvalue weighted by atomic mass is 10.1. The van der Waals surface area contributed by atoms with Crippen LogP contribution in [0.4, 0.5) is 5.69 Å². The Balaban J connectivity index is 1.55. The minimum Gasteiger partial charge on any atom is -0.358 e. The quantitative estimate of drug-likeness (QED) is 0.214. The highest BCUT2D eigenvalue weighted by Gasteiger charge is 2.18. The molecule has 0 bridgehead atoms. The van der Waals surface area contributed by atoms with E-state index >= 15 is 0 Å². The fourth-order valence-corrected chi connectivity index (χ4v) is 4.61. The first-order valence-corrected chi connectivity index (χ1v) is 12.1. The van der Waals surface area contributed by atoms with Crippen molar-refractivity contribution in [1.29, 1.82) is 0 Å². The summed E-state index contributed by atoms with van der Waals surface area (Å²) in [6, 6.07) is 8.15. The van der Waals surface area contributed by atoms with Crippen molar-refractivity contribution in [2.75, 3.05) is 5.32 Å². The van der Waals surface area contributed by atoms with Crippen LogP contribution < -0.4 is 5.32 Å². The summed E-state index contributed by atoms with van der Waals surface area (Å²) in [5, 5.41) is 13.9. The Morgan fingerprint density at radius 1 is 1.23 bits per heavy atom. The first kappa shape index (κ1) is 22.5. The number of aromatic nitrogens is 6. The van der Waals surface area contributed by atoms with Crippen LogP contribution >= 0.6 is 11.3 Å². The molecule has 5 heterocycles. The van der Waals surface area contributed by atoms with Crippen LogP contribution in [0, 0.1) is 6.92 Å². The van der Waals surface area contributed by atoms with E-state index in [0.717, 1.165) is 67.5 Å². The van der Waals surface area contributed by atoms with Gasteiger partial charge in [0.2, 0.25) is 0 Å². The summed E-state index contributed by atoms with van der Waals surface area (Å²) < 4.78 is 0. The number of anilines is 1. The number of nitrogens with zero attached hydrogens (tertiary/aromatic N) is 4. The second kappa shape index (κ2) is 9.52. The zero-order valence-corrected chi connectivity index (χ0v) is 20.4. The number of aryl methyl sites for hydroxylation is 1. The van der Waals surface area contributed by atoms with Gasteiger partial charge in [0.15, 0.2) is 5.82 Å². The first-order valence-electron chi connectivity index (χ1n) is 11.3. The highest BCUT2D eigenvalue weighted by Crippen LogP contribution is 2.33. The fourth-order valence-electron chi connectivity index (χ4n) is 3.86. The second-order valence-corrected chi connectivity index (χ2v) is 9.03. The fraction of sp³-hybridized carbons (Fsp3) is 0.111. The van der Waals surface area contributed by atoms with Crippen molar-refractivity contribution < 1.29 is 0 Å². The molecule has 7 nitrogen and oxygen atoms in total. The molecule has 0 amide bonds. The van der Waals surface area contributed by atoms with Gasteiger partial charge in [0.25, 0.3) is 0 Å². The molecule has 0 atom stereocenters. The maximum Gasteiger partial charge on any atom is 0.159 e. The third kappa shape index (κ3) is 4.43. The molecule has 0 fully saturated rings. The Labute approximate surface area is 207 Å². The molecule has 0 aromatic carbocycles. The first-order chi connectivity index (χ1) is 17.1. The van der Waals surface area contributed by atoms with Gasteiger partial charge in [-0.05, 0) is 36.9 Å². The Kier molecular flexibility index (Phi) is 6.12. The highest BCUT2D eigenvalue weighted by molar-refractivity contribution is 7.11. The predicted octanol–water partition coefficient (Wildman–Crippen LogP) is 6.73. The van der Waals surface area contributed by atoms with Crippen LogP contribution in [-0.2, 0) is 0 Å². The molecule has 5 rings (SSSR count). The molecule has 0 saturated heterocycles. The van der Waals surface area contributed by atoms with Gasteiger partial charge < -0.3 is 10.3 Å². The zero-order chi connectivity index (χ0) is 24.4. The van der Waals surface area contributed by atoms with Crippen LogP contribution in [0.5, 0.6) is 0 Å². The molecule has 35 heavy (non-hydrogen) atoms. The van der Waals surface area contributed by atoms with Crippen molar-refractivity contribution in [3.8, 4) is 22.8 Å². The van der Waals surface area contributed by atoms with Crippen LogP contribution in [0.25, 0.3) is 39.3 Å². The van der Waals surface area contributed by atoms with Crippen molar-refractivity contribution in [2.24, 2.45) is 0 Å². The van der Waals surface area contributed by atoms with Gasteiger partial charge in [-0.1, -0.05) is 38.3 Å². The Hall–Kier alpha value is -4.30. The Bertz CT molecular complexity index is 1550. The number of fused-ring (bicyclic) bond motifs is 1. The lowest BCUT2D eigenvalue weighted by molar-refractivity contribution is 1.10. The van der Waals surface area contributed by atoms with E-state index in [-0.39, 0.29) is 0 Å². The van der Waals surface area contributed by atoms with Gasteiger partial charge >= 0.3 is 0 Å². The third-order valence-corrected chi connectivity index (χ3v) is 6.57. The predicted molar refractivity (Wildman–Crippen MR) is 144 cm³/mol. The normalized spacial score (nSPS) is 11.7. The molecule has 5 aromatic rings. The number of hydrogen-bond donors (Lipinski definition) is 3. The maximum atomic E-state index is 4.94. The number of imidazole rings is 1. The number of nitrogens with one attached hydrogen (secondary N) is 3. The topological polar surface area (TPSA) is 95.2 Å². The number of hydrogen-bond acceptors (Lipinski definition) is 6. The molecule has 0 radical (unpaired) electrons. The molecule has 174 valence electrons. The van der Waals surface area contributed by atoms with Crippen LogP contribution in [0.1, 0.15) is 29.6 Å². The van der Waals surface area contributed by atoms with Crippen molar-refractivity contribution in [2.45, 2.75) is 20.3 Å². The zero-order valence-electron chi connectivity index (χ0n) is 19.6. The summed E-state index contributed by atoms with van der Waals surface area (Å²) in [5.41, 5.74) is 7.96. The van der Waals surface area contributed by atoms with Gasteiger partial charge in [-0.2, -0.15) is 5.10 Å². The van der Waals surface area contributed by atoms with E-state index in [1.807, 2.05) is 31.2 Å². The molecule has 0 aliphatic heterocycles. The monoisotopic (exact) mass is 479 g/mol. The van der Waals surface area contributed by atoms with Gasteiger partial charge in [-0.3, -0.25) is 15.1 Å². The van der Waals surface area contributed by atoms with E-state index in [1.54, 1.807) is 36.0 Å². The number of pyridine rings is 2. The number of rotatable bonds is 8. The Morgan fingerprint density at radius 2 is 2.11 bits per heavy atom. The van der Waals surface area contributed by atoms with E-state index in [4.69, 9.17) is 4.98 Å². The molecule has 8 heteroatoms. The van der Waals surface area contributed by atoms with Gasteiger partial charge in [0.05, 0.1) is 35.0 Å². The standard InChI is InChI=1S/C27H25N7S/c1-5-8-20(24-9-7-10-35-24)25-17(4)31-27(32-25)26-21-12-22(29-15-23(21)33-34-26)18-11-19(14-28-13-18)30-16(3)6-2/h5,7-15,30H,1,3,6H2,2,4H3,(H,31,32)(H,33,34)/b20-8-. The number of allylic oxidation sites excluding steroid dienone is 3. The van der Waals surface area contributed by atoms with Crippen LogP contribution in [-0.4, -0.2) is 30.1 Å². The van der Waals surface area contributed by atoms with Gasteiger partial charge in [0.1, 0.15) is 5.69 Å². The summed E-state index contributed by atoms with van der Waals surface area (Å²) in [6.45, 7) is 12.0. The van der Waals surface area contributed by atoms with Crippen molar-refractivity contribution in [3.63, 3.8) is 0 Å². The molecule has 0 spiro atoms. The van der Waals surface area contributed by atoms with Gasteiger partial charge in [0, 0.05) is 39.0 Å². The van der Waals surface area contributed by atoms with Crippen molar-refractivity contribution in [3.05, 3.63) is 95.5 Å². The summed E-state index contributed by atoms with van der Waals surface area (Å²) in [6.07, 6.45) is 9.99. The van der Waals surface area contributed by atoms with Gasteiger partial charge in [-0.15, -0.1) is 11.3 Å². The minimum atomic E-state index is 0.695. The van der Waals surface area contributed by atoms with Crippen LogP contribution in [0.15, 0.2) is 79.2 Å². The van der Waals surface area contributed by atoms with E-state index in [2.05, 4.69) is 62.0 Å². The highest BCUT2D eigenvalue weighted by atomic mass is 32.1. The number of thiophene rings is 1. The van der Waals surface area contributed by atoms with Crippen LogP contribution in [0.2, 0.25) is 0 Å². The summed E-state index contributed by atoms with van der Waals surface area (Å²) in [7, 11) is 0. The maximum absolute atomic E-state index is 4.94. The lowest BCUT2D eigenvalue weighted by Crippen LogP contribution is -1.97. The van der Waals surface area contributed by atoms with Crippen molar-refractivity contribution in [1.82, 2.24) is 30.1 Å². The van der Waals surface area contributed by atoms with E-state index in [1.165, 1.54) is 0 Å². The molecule has 3 N–H and O–H groups in total.